The zero-order valence-electron chi connectivity index (χ0n) is 15.0. The standard InChI is InChI=1S/C17H30N4OS/c1-16(2,3)13-11-23-14(21-13)7-9-19-15(18-5)20-12-17(4)8-6-10-22-17/h11H,6-10,12H2,1-5H3,(H2,18,19,20). The SMILES string of the molecule is CN=C(NCCc1nc(C(C)(C)C)cs1)NCC1(C)CCCO1. The number of aliphatic imine (C=N–C) groups is 1. The highest BCUT2D eigenvalue weighted by molar-refractivity contribution is 7.09. The minimum Gasteiger partial charge on any atom is -0.373 e. The number of aromatic nitrogens is 1. The van der Waals surface area contributed by atoms with Gasteiger partial charge in [-0.1, -0.05) is 20.8 Å². The monoisotopic (exact) mass is 338 g/mol. The van der Waals surface area contributed by atoms with Gasteiger partial charge in [0.25, 0.3) is 0 Å². The third kappa shape index (κ3) is 5.46. The topological polar surface area (TPSA) is 58.5 Å². The van der Waals surface area contributed by atoms with Crippen molar-refractivity contribution in [3.8, 4) is 0 Å². The molecule has 6 heteroatoms. The average molecular weight is 339 g/mol. The van der Waals surface area contributed by atoms with Crippen LogP contribution in [0.15, 0.2) is 10.4 Å². The second-order valence-corrected chi connectivity index (χ2v) is 8.32. The van der Waals surface area contributed by atoms with Crippen molar-refractivity contribution in [1.29, 1.82) is 0 Å². The smallest absolute Gasteiger partial charge is 0.191 e. The van der Waals surface area contributed by atoms with E-state index in [9.17, 15) is 0 Å². The fourth-order valence-corrected chi connectivity index (χ4v) is 3.55. The molecular weight excluding hydrogens is 308 g/mol. The molecule has 1 atom stereocenters. The summed E-state index contributed by atoms with van der Waals surface area (Å²) in [7, 11) is 1.80. The molecule has 2 N–H and O–H groups in total. The molecular formula is C17H30N4OS. The van der Waals surface area contributed by atoms with E-state index < -0.39 is 0 Å². The fraction of sp³-hybridized carbons (Fsp3) is 0.765. The number of guanidine groups is 1. The van der Waals surface area contributed by atoms with Crippen molar-refractivity contribution in [3.05, 3.63) is 16.1 Å². The summed E-state index contributed by atoms with van der Waals surface area (Å²) in [6, 6.07) is 0. The first-order valence-electron chi connectivity index (χ1n) is 8.36. The summed E-state index contributed by atoms with van der Waals surface area (Å²) in [6.07, 6.45) is 3.16. The van der Waals surface area contributed by atoms with Gasteiger partial charge in [-0.25, -0.2) is 4.98 Å². The third-order valence-corrected chi connectivity index (χ3v) is 5.01. The Labute approximate surface area is 144 Å². The van der Waals surface area contributed by atoms with Crippen molar-refractivity contribution in [2.45, 2.75) is 58.0 Å². The first-order chi connectivity index (χ1) is 10.8. The lowest BCUT2D eigenvalue weighted by molar-refractivity contribution is 0.0243. The third-order valence-electron chi connectivity index (χ3n) is 4.11. The Kier molecular flexibility index (Phi) is 6.03. The van der Waals surface area contributed by atoms with Crippen molar-refractivity contribution in [2.75, 3.05) is 26.7 Å². The Hall–Kier alpha value is -1.14. The first kappa shape index (κ1) is 18.2. The molecule has 5 nitrogen and oxygen atoms in total. The van der Waals surface area contributed by atoms with E-state index in [2.05, 4.69) is 48.7 Å². The van der Waals surface area contributed by atoms with Crippen molar-refractivity contribution in [1.82, 2.24) is 15.6 Å². The molecule has 1 aromatic rings. The van der Waals surface area contributed by atoms with E-state index in [1.807, 2.05) is 0 Å². The largest absolute Gasteiger partial charge is 0.373 e. The van der Waals surface area contributed by atoms with Crippen LogP contribution in [-0.4, -0.2) is 43.3 Å². The Morgan fingerprint density at radius 1 is 1.43 bits per heavy atom. The van der Waals surface area contributed by atoms with Crippen LogP contribution in [0.1, 0.15) is 51.2 Å². The maximum atomic E-state index is 5.79. The van der Waals surface area contributed by atoms with E-state index in [-0.39, 0.29) is 11.0 Å². The van der Waals surface area contributed by atoms with Crippen LogP contribution < -0.4 is 10.6 Å². The summed E-state index contributed by atoms with van der Waals surface area (Å²) in [6.45, 7) is 11.2. The van der Waals surface area contributed by atoms with E-state index in [0.717, 1.165) is 44.9 Å². The van der Waals surface area contributed by atoms with Crippen molar-refractivity contribution < 1.29 is 4.74 Å². The van der Waals surface area contributed by atoms with Crippen LogP contribution >= 0.6 is 11.3 Å². The molecule has 0 saturated carbocycles. The molecule has 1 aromatic heterocycles. The van der Waals surface area contributed by atoms with Crippen LogP contribution in [0.5, 0.6) is 0 Å². The van der Waals surface area contributed by atoms with Gasteiger partial charge in [0.05, 0.1) is 16.3 Å². The van der Waals surface area contributed by atoms with Crippen LogP contribution in [-0.2, 0) is 16.6 Å². The molecule has 1 aliphatic heterocycles. The predicted octanol–water partition coefficient (Wildman–Crippen LogP) is 2.72. The molecule has 2 rings (SSSR count). The average Bonchev–Trinajstić information content (AvgIpc) is 3.12. The Morgan fingerprint density at radius 2 is 2.22 bits per heavy atom. The predicted molar refractivity (Wildman–Crippen MR) is 97.5 cm³/mol. The van der Waals surface area contributed by atoms with Gasteiger partial charge >= 0.3 is 0 Å². The van der Waals surface area contributed by atoms with Crippen LogP contribution in [0.3, 0.4) is 0 Å². The minimum absolute atomic E-state index is 0.0610. The lowest BCUT2D eigenvalue weighted by Gasteiger charge is -2.24. The summed E-state index contributed by atoms with van der Waals surface area (Å²) in [4.78, 5) is 9.00. The molecule has 0 aromatic carbocycles. The van der Waals surface area contributed by atoms with Gasteiger partial charge in [0.15, 0.2) is 5.96 Å². The summed E-state index contributed by atoms with van der Waals surface area (Å²) in [5.74, 6) is 0.828. The van der Waals surface area contributed by atoms with E-state index >= 15 is 0 Å². The second-order valence-electron chi connectivity index (χ2n) is 7.38. The quantitative estimate of drug-likeness (QED) is 0.640. The molecule has 0 spiro atoms. The lowest BCUT2D eigenvalue weighted by Crippen LogP contribution is -2.45. The van der Waals surface area contributed by atoms with Gasteiger partial charge in [0.1, 0.15) is 0 Å². The van der Waals surface area contributed by atoms with Gasteiger partial charge in [-0.05, 0) is 19.8 Å². The van der Waals surface area contributed by atoms with Crippen LogP contribution in [0.2, 0.25) is 0 Å². The maximum absolute atomic E-state index is 5.79. The van der Waals surface area contributed by atoms with E-state index in [0.29, 0.717) is 0 Å². The zero-order chi connectivity index (χ0) is 16.9. The number of rotatable bonds is 5. The zero-order valence-corrected chi connectivity index (χ0v) is 15.8. The van der Waals surface area contributed by atoms with Gasteiger partial charge in [0, 0.05) is 44.0 Å². The summed E-state index contributed by atoms with van der Waals surface area (Å²) in [5.41, 5.74) is 1.23. The highest BCUT2D eigenvalue weighted by Crippen LogP contribution is 2.24. The van der Waals surface area contributed by atoms with Crippen LogP contribution in [0.25, 0.3) is 0 Å². The molecule has 0 amide bonds. The van der Waals surface area contributed by atoms with E-state index in [1.165, 1.54) is 10.7 Å². The number of hydrogen-bond donors (Lipinski definition) is 2. The Balaban J connectivity index is 1.74. The molecule has 1 saturated heterocycles. The van der Waals surface area contributed by atoms with Gasteiger partial charge < -0.3 is 15.4 Å². The lowest BCUT2D eigenvalue weighted by atomic mass is 9.93. The molecule has 0 aliphatic carbocycles. The Morgan fingerprint density at radius 3 is 2.78 bits per heavy atom. The van der Waals surface area contributed by atoms with Gasteiger partial charge in [0.2, 0.25) is 0 Å². The minimum atomic E-state index is -0.0610. The molecule has 2 heterocycles. The maximum Gasteiger partial charge on any atom is 0.191 e. The van der Waals surface area contributed by atoms with Gasteiger partial charge in [-0.15, -0.1) is 11.3 Å². The van der Waals surface area contributed by atoms with Gasteiger partial charge in [-0.3, -0.25) is 4.99 Å². The number of nitrogens with one attached hydrogen (secondary N) is 2. The molecule has 0 radical (unpaired) electrons. The van der Waals surface area contributed by atoms with Crippen molar-refractivity contribution in [3.63, 3.8) is 0 Å². The summed E-state index contributed by atoms with van der Waals surface area (Å²) >= 11 is 1.74. The fourth-order valence-electron chi connectivity index (χ4n) is 2.53. The van der Waals surface area contributed by atoms with Gasteiger partial charge in [-0.2, -0.15) is 0 Å². The van der Waals surface area contributed by atoms with Crippen LogP contribution in [0, 0.1) is 0 Å². The first-order valence-corrected chi connectivity index (χ1v) is 9.24. The van der Waals surface area contributed by atoms with Crippen molar-refractivity contribution in [2.24, 2.45) is 4.99 Å². The van der Waals surface area contributed by atoms with Crippen molar-refractivity contribution >= 4 is 17.3 Å². The number of ether oxygens (including phenoxy) is 1. The molecule has 130 valence electrons. The molecule has 1 unspecified atom stereocenters. The number of thiazole rings is 1. The number of hydrogen-bond acceptors (Lipinski definition) is 4. The molecule has 23 heavy (non-hydrogen) atoms. The highest BCUT2D eigenvalue weighted by atomic mass is 32.1. The van der Waals surface area contributed by atoms with Crippen LogP contribution in [0.4, 0.5) is 0 Å². The molecule has 1 fully saturated rings. The van der Waals surface area contributed by atoms with E-state index in [4.69, 9.17) is 9.72 Å². The summed E-state index contributed by atoms with van der Waals surface area (Å²) < 4.78 is 5.79. The molecule has 0 bridgehead atoms. The molecule has 1 aliphatic rings. The highest BCUT2D eigenvalue weighted by Gasteiger charge is 2.29. The Bertz CT molecular complexity index is 527. The normalized spacial score (nSPS) is 22.4. The van der Waals surface area contributed by atoms with E-state index in [1.54, 1.807) is 18.4 Å². The number of nitrogens with zero attached hydrogens (tertiary/aromatic N) is 2. The summed E-state index contributed by atoms with van der Waals surface area (Å²) in [5, 5.41) is 10.1. The second kappa shape index (κ2) is 7.62.